The lowest BCUT2D eigenvalue weighted by atomic mass is 9.84. The van der Waals surface area contributed by atoms with Crippen LogP contribution in [0.2, 0.25) is 0 Å². The van der Waals surface area contributed by atoms with Gasteiger partial charge < -0.3 is 20.3 Å². The zero-order chi connectivity index (χ0) is 28.6. The summed E-state index contributed by atoms with van der Waals surface area (Å²) in [7, 11) is 1.89. The fraction of sp³-hybridized carbons (Fsp3) is 0.387. The van der Waals surface area contributed by atoms with Gasteiger partial charge in [0, 0.05) is 43.4 Å². The Kier molecular flexibility index (Phi) is 7.85. The Morgan fingerprint density at radius 2 is 1.79 bits per heavy atom. The highest BCUT2D eigenvalue weighted by Crippen LogP contribution is 2.43. The molecule has 0 bridgehead atoms. The van der Waals surface area contributed by atoms with Gasteiger partial charge in [0.1, 0.15) is 18.2 Å². The van der Waals surface area contributed by atoms with Gasteiger partial charge in [0.25, 0.3) is 0 Å². The van der Waals surface area contributed by atoms with Gasteiger partial charge in [-0.3, -0.25) is 4.79 Å². The van der Waals surface area contributed by atoms with E-state index in [1.54, 1.807) is 4.90 Å². The van der Waals surface area contributed by atoms with E-state index in [4.69, 9.17) is 16.9 Å². The molecule has 2 aliphatic rings. The minimum Gasteiger partial charge on any atom is -0.481 e. The monoisotopic (exact) mass is 537 g/mol. The molecule has 0 aliphatic carbocycles. The number of amides is 1. The van der Waals surface area contributed by atoms with Crippen molar-refractivity contribution in [2.45, 2.75) is 52.6 Å². The van der Waals surface area contributed by atoms with Crippen molar-refractivity contribution in [3.05, 3.63) is 87.5 Å². The van der Waals surface area contributed by atoms with Crippen molar-refractivity contribution in [3.63, 3.8) is 0 Å². The lowest BCUT2D eigenvalue weighted by Crippen LogP contribution is -2.44. The molecule has 0 spiro atoms. The summed E-state index contributed by atoms with van der Waals surface area (Å²) < 4.78 is 47.2. The van der Waals surface area contributed by atoms with Gasteiger partial charge in [0.15, 0.2) is 11.6 Å². The number of benzene rings is 2. The van der Waals surface area contributed by atoms with Gasteiger partial charge in [-0.05, 0) is 72.4 Å². The Bertz CT molecular complexity index is 1380. The van der Waals surface area contributed by atoms with Crippen molar-refractivity contribution in [1.29, 1.82) is 0 Å². The number of carbonyl (C=O) groups excluding carboxylic acids is 1. The molecule has 5 nitrogen and oxygen atoms in total. The number of rotatable bonds is 7. The second-order valence-corrected chi connectivity index (χ2v) is 11.1. The second kappa shape index (κ2) is 10.8. The fourth-order valence-corrected chi connectivity index (χ4v) is 5.83. The van der Waals surface area contributed by atoms with Crippen LogP contribution in [0.3, 0.4) is 0 Å². The third kappa shape index (κ3) is 5.69. The van der Waals surface area contributed by atoms with E-state index in [0.717, 1.165) is 28.5 Å². The first-order valence-corrected chi connectivity index (χ1v) is 12.8. The number of nitrogens with two attached hydrogens (primary N) is 1. The summed E-state index contributed by atoms with van der Waals surface area (Å²) in [6.45, 7) is 8.69. The van der Waals surface area contributed by atoms with Crippen LogP contribution in [0.1, 0.15) is 36.1 Å². The largest absolute Gasteiger partial charge is 0.481 e. The van der Waals surface area contributed by atoms with Gasteiger partial charge in [0.05, 0.1) is 12.1 Å². The summed E-state index contributed by atoms with van der Waals surface area (Å²) in [6.07, 6.45) is 9.39. The molecule has 2 aromatic carbocycles. The number of likely N-dealkylation sites (tertiary alicyclic amines) is 1. The fourth-order valence-electron chi connectivity index (χ4n) is 5.83. The van der Waals surface area contributed by atoms with Gasteiger partial charge in [-0.25, -0.2) is 13.2 Å². The Morgan fingerprint density at radius 1 is 1.15 bits per heavy atom. The van der Waals surface area contributed by atoms with Crippen LogP contribution >= 0.6 is 0 Å². The van der Waals surface area contributed by atoms with E-state index in [0.29, 0.717) is 30.4 Å². The minimum absolute atomic E-state index is 0.0382. The van der Waals surface area contributed by atoms with E-state index in [9.17, 15) is 18.0 Å². The number of hydrogen-bond acceptors (Lipinski definition) is 4. The van der Waals surface area contributed by atoms with Gasteiger partial charge in [-0.15, -0.1) is 6.42 Å². The molecule has 1 saturated heterocycles. The first kappa shape index (κ1) is 28.3. The molecule has 0 aromatic heterocycles. The maximum atomic E-state index is 14.4. The summed E-state index contributed by atoms with van der Waals surface area (Å²) >= 11 is 0. The van der Waals surface area contributed by atoms with Gasteiger partial charge in [-0.2, -0.15) is 0 Å². The van der Waals surface area contributed by atoms with Crippen molar-refractivity contribution in [1.82, 2.24) is 9.80 Å². The standard InChI is InChI=1S/C31H34F3N3O2/c1-7-8-39-22-9-18(2)23(19(3)10-22)14-27(35)30(38)37-17-31(4,5)29-28(37)12-20(16-36(29)6)11-21-13-25(33)26(34)15-24(21)32/h1,9-10,12-13,15-16,27,29H,8,11,14,17,35H2,2-6H3/t27-,29?/m0/s1. The van der Waals surface area contributed by atoms with Crippen LogP contribution < -0.4 is 10.5 Å². The molecule has 0 saturated carbocycles. The Hall–Kier alpha value is -3.70. The third-order valence-corrected chi connectivity index (χ3v) is 7.49. The SMILES string of the molecule is C#CCOc1cc(C)c(C[C@H](N)C(=O)N2CC(C)(C)C3C2=CC(Cc2cc(F)c(F)cc2F)=CN3C)c(C)c1. The van der Waals surface area contributed by atoms with E-state index in [2.05, 4.69) is 19.8 Å². The van der Waals surface area contributed by atoms with Crippen molar-refractivity contribution < 1.29 is 22.7 Å². The van der Waals surface area contributed by atoms with Gasteiger partial charge in [-0.1, -0.05) is 19.8 Å². The molecule has 0 radical (unpaired) electrons. The number of halogens is 3. The summed E-state index contributed by atoms with van der Waals surface area (Å²) in [4.78, 5) is 17.5. The molecule has 1 fully saturated rings. The number of aryl methyl sites for hydroxylation is 2. The quantitative estimate of drug-likeness (QED) is 0.408. The summed E-state index contributed by atoms with van der Waals surface area (Å²) in [5.41, 5.74) is 10.6. The topological polar surface area (TPSA) is 58.8 Å². The van der Waals surface area contributed by atoms with E-state index in [-0.39, 0.29) is 36.0 Å². The predicted molar refractivity (Wildman–Crippen MR) is 145 cm³/mol. The molecule has 4 rings (SSSR count). The molecular weight excluding hydrogens is 503 g/mol. The minimum atomic E-state index is -1.23. The van der Waals surface area contributed by atoms with E-state index >= 15 is 0 Å². The van der Waals surface area contributed by atoms with Crippen LogP contribution in [-0.2, 0) is 17.6 Å². The maximum Gasteiger partial charge on any atom is 0.244 e. The van der Waals surface area contributed by atoms with Crippen LogP contribution in [0.25, 0.3) is 0 Å². The van der Waals surface area contributed by atoms with E-state index in [1.807, 2.05) is 50.2 Å². The number of hydrogen-bond donors (Lipinski definition) is 1. The molecule has 8 heteroatoms. The zero-order valence-electron chi connectivity index (χ0n) is 22.9. The molecule has 2 atom stereocenters. The molecule has 2 aromatic rings. The number of terminal acetylenes is 1. The van der Waals surface area contributed by atoms with Crippen molar-refractivity contribution in [2.24, 2.45) is 11.1 Å². The highest BCUT2D eigenvalue weighted by molar-refractivity contribution is 5.85. The molecule has 1 amide bonds. The van der Waals surface area contributed by atoms with Crippen LogP contribution in [-0.4, -0.2) is 48.0 Å². The highest BCUT2D eigenvalue weighted by Gasteiger charge is 2.48. The number of nitrogens with zero attached hydrogens (tertiary/aromatic N) is 2. The number of carbonyl (C=O) groups is 1. The molecule has 2 aliphatic heterocycles. The lowest BCUT2D eigenvalue weighted by Gasteiger charge is -2.36. The highest BCUT2D eigenvalue weighted by atomic mass is 19.2. The Balaban J connectivity index is 1.59. The summed E-state index contributed by atoms with van der Waals surface area (Å²) in [5, 5.41) is 0. The van der Waals surface area contributed by atoms with Gasteiger partial charge in [0.2, 0.25) is 5.91 Å². The van der Waals surface area contributed by atoms with Gasteiger partial charge >= 0.3 is 0 Å². The molecule has 1 unspecified atom stereocenters. The zero-order valence-corrected chi connectivity index (χ0v) is 22.9. The van der Waals surface area contributed by atoms with Crippen LogP contribution in [0, 0.1) is 49.1 Å². The molecule has 39 heavy (non-hydrogen) atoms. The van der Waals surface area contributed by atoms with E-state index < -0.39 is 23.5 Å². The summed E-state index contributed by atoms with van der Waals surface area (Å²) in [5.74, 6) is -0.244. The lowest BCUT2D eigenvalue weighted by molar-refractivity contribution is -0.130. The molecule has 2 heterocycles. The number of fused-ring (bicyclic) bond motifs is 1. The van der Waals surface area contributed by atoms with Crippen molar-refractivity contribution in [2.75, 3.05) is 20.2 Å². The maximum absolute atomic E-state index is 14.4. The van der Waals surface area contributed by atoms with E-state index in [1.165, 1.54) is 0 Å². The smallest absolute Gasteiger partial charge is 0.244 e. The Labute approximate surface area is 228 Å². The normalized spacial score (nSPS) is 18.7. The molecular formula is C31H34F3N3O2. The van der Waals surface area contributed by atoms with Crippen LogP contribution in [0.4, 0.5) is 13.2 Å². The van der Waals surface area contributed by atoms with Crippen molar-refractivity contribution >= 4 is 5.91 Å². The molecule has 2 N–H and O–H groups in total. The van der Waals surface area contributed by atoms with Crippen LogP contribution in [0.15, 0.2) is 47.8 Å². The predicted octanol–water partition coefficient (Wildman–Crippen LogP) is 4.80. The number of allylic oxidation sites excluding steroid dienone is 2. The average molecular weight is 538 g/mol. The van der Waals surface area contributed by atoms with Crippen molar-refractivity contribution in [3.8, 4) is 18.1 Å². The second-order valence-electron chi connectivity index (χ2n) is 11.1. The third-order valence-electron chi connectivity index (χ3n) is 7.49. The van der Waals surface area contributed by atoms with Crippen LogP contribution in [0.5, 0.6) is 5.75 Å². The summed E-state index contributed by atoms with van der Waals surface area (Å²) in [6, 6.07) is 4.31. The first-order chi connectivity index (χ1) is 18.3. The number of likely N-dealkylation sites (N-methyl/N-ethyl adjacent to an activating group) is 1. The molecule has 206 valence electrons. The average Bonchev–Trinajstić information content (AvgIpc) is 3.13. The number of ether oxygens (including phenoxy) is 1. The first-order valence-electron chi connectivity index (χ1n) is 12.8. The Morgan fingerprint density at radius 3 is 2.44 bits per heavy atom.